The zero-order valence-corrected chi connectivity index (χ0v) is 14.5. The zero-order chi connectivity index (χ0) is 17.5. The van der Waals surface area contributed by atoms with Crippen LogP contribution in [0.4, 0.5) is 9.18 Å². The summed E-state index contributed by atoms with van der Waals surface area (Å²) in [4.78, 5) is 23.4. The molecule has 1 saturated carbocycles. The largest absolute Gasteiger partial charge is 0.375 e. The Morgan fingerprint density at radius 3 is 2.71 bits per heavy atom. The molecule has 0 radical (unpaired) electrons. The number of hydrogen-bond donors (Lipinski definition) is 2. The summed E-state index contributed by atoms with van der Waals surface area (Å²) in [6.45, 7) is 6.90. The predicted molar refractivity (Wildman–Crippen MR) is 84.9 cm³/mol. The first-order chi connectivity index (χ1) is 11.2. The maximum Gasteiger partial charge on any atom is 0.323 e. The van der Waals surface area contributed by atoms with Crippen molar-refractivity contribution in [3.8, 4) is 0 Å². The van der Waals surface area contributed by atoms with E-state index in [1.165, 1.54) is 0 Å². The van der Waals surface area contributed by atoms with Gasteiger partial charge in [-0.25, -0.2) is 9.18 Å². The van der Waals surface area contributed by atoms with Crippen LogP contribution in [0.2, 0.25) is 0 Å². The molecule has 0 bridgehead atoms. The quantitative estimate of drug-likeness (QED) is 0.824. The van der Waals surface area contributed by atoms with Crippen LogP contribution >= 0.6 is 0 Å². The second-order valence-electron chi connectivity index (χ2n) is 8.37. The van der Waals surface area contributed by atoms with Gasteiger partial charge in [-0.05, 0) is 30.6 Å². The molecule has 3 amide bonds. The fourth-order valence-electron chi connectivity index (χ4n) is 3.75. The molecule has 136 valence electrons. The number of hydrogen-bond acceptors (Lipinski definition) is 4. The number of nitrogens with one attached hydrogen (secondary N) is 2. The fourth-order valence-corrected chi connectivity index (χ4v) is 3.75. The molecule has 0 spiro atoms. The number of imide groups is 1. The minimum Gasteiger partial charge on any atom is -0.375 e. The number of urea groups is 1. The second-order valence-corrected chi connectivity index (χ2v) is 8.37. The highest BCUT2D eigenvalue weighted by molar-refractivity contribution is 5.98. The predicted octanol–water partition coefficient (Wildman–Crippen LogP) is 2.13. The summed E-state index contributed by atoms with van der Waals surface area (Å²) in [6, 6.07) is -0.531. The van der Waals surface area contributed by atoms with Gasteiger partial charge in [-0.15, -0.1) is 0 Å². The van der Waals surface area contributed by atoms with E-state index in [4.69, 9.17) is 9.47 Å². The molecule has 0 aromatic heterocycles. The lowest BCUT2D eigenvalue weighted by Crippen LogP contribution is -2.64. The standard InChI is InChI=1S/C17H27FN2O4/c1-17(2,3)4-5-23-13-8-12-9(7-11(13)18)6-10-14(21)19-16(22)20-15(10)24-12/h9-13,15H,4-8H2,1-3H3,(H2,19,20,21,22). The smallest absolute Gasteiger partial charge is 0.323 e. The average Bonchev–Trinajstić information content (AvgIpc) is 2.45. The van der Waals surface area contributed by atoms with Crippen molar-refractivity contribution in [3.63, 3.8) is 0 Å². The third-order valence-corrected chi connectivity index (χ3v) is 5.20. The number of carbonyl (C=O) groups is 2. The van der Waals surface area contributed by atoms with Crippen LogP contribution in [0.5, 0.6) is 0 Å². The topological polar surface area (TPSA) is 76.7 Å². The number of alkyl halides is 1. The van der Waals surface area contributed by atoms with E-state index in [1.807, 2.05) is 0 Å². The van der Waals surface area contributed by atoms with Crippen LogP contribution in [0.25, 0.3) is 0 Å². The van der Waals surface area contributed by atoms with Crippen molar-refractivity contribution in [2.75, 3.05) is 6.61 Å². The fraction of sp³-hybridized carbons (Fsp3) is 0.882. The van der Waals surface area contributed by atoms with Crippen LogP contribution < -0.4 is 10.6 Å². The third-order valence-electron chi connectivity index (χ3n) is 5.20. The lowest BCUT2D eigenvalue weighted by Gasteiger charge is -2.47. The molecular weight excluding hydrogens is 315 g/mol. The van der Waals surface area contributed by atoms with Crippen molar-refractivity contribution in [2.45, 2.75) is 71.1 Å². The molecule has 1 aliphatic carbocycles. The van der Waals surface area contributed by atoms with E-state index in [2.05, 4.69) is 31.4 Å². The molecule has 2 saturated heterocycles. The molecule has 6 nitrogen and oxygen atoms in total. The number of ether oxygens (including phenoxy) is 2. The monoisotopic (exact) mass is 342 g/mol. The Hall–Kier alpha value is -1.21. The van der Waals surface area contributed by atoms with E-state index in [9.17, 15) is 14.0 Å². The summed E-state index contributed by atoms with van der Waals surface area (Å²) in [6.07, 6.45) is -0.0804. The van der Waals surface area contributed by atoms with Crippen molar-refractivity contribution >= 4 is 11.9 Å². The highest BCUT2D eigenvalue weighted by Gasteiger charge is 2.49. The highest BCUT2D eigenvalue weighted by Crippen LogP contribution is 2.40. The van der Waals surface area contributed by atoms with Gasteiger partial charge < -0.3 is 14.8 Å². The molecule has 0 aromatic rings. The van der Waals surface area contributed by atoms with Gasteiger partial charge in [0, 0.05) is 13.0 Å². The summed E-state index contributed by atoms with van der Waals surface area (Å²) < 4.78 is 26.2. The first kappa shape index (κ1) is 17.6. The SMILES string of the molecule is CC(C)(C)CCOC1CC2OC3NC(=O)NC(=O)C3CC2CC1F. The summed E-state index contributed by atoms with van der Waals surface area (Å²) in [7, 11) is 0. The Labute approximate surface area is 141 Å². The number of rotatable bonds is 3. The van der Waals surface area contributed by atoms with Crippen LogP contribution in [0.3, 0.4) is 0 Å². The normalized spacial score (nSPS) is 39.5. The Bertz CT molecular complexity index is 507. The lowest BCUT2D eigenvalue weighted by atomic mass is 9.75. The van der Waals surface area contributed by atoms with Gasteiger partial charge in [-0.3, -0.25) is 10.1 Å². The molecule has 3 aliphatic rings. The Morgan fingerprint density at radius 1 is 1.25 bits per heavy atom. The minimum atomic E-state index is -1.03. The number of amides is 3. The summed E-state index contributed by atoms with van der Waals surface area (Å²) >= 11 is 0. The van der Waals surface area contributed by atoms with Crippen molar-refractivity contribution in [1.82, 2.24) is 10.6 Å². The Balaban J connectivity index is 1.58. The Kier molecular flexibility index (Phi) is 4.84. The van der Waals surface area contributed by atoms with Crippen molar-refractivity contribution in [3.05, 3.63) is 0 Å². The molecule has 2 aliphatic heterocycles. The van der Waals surface area contributed by atoms with Crippen LogP contribution in [-0.2, 0) is 14.3 Å². The van der Waals surface area contributed by atoms with Gasteiger partial charge in [0.1, 0.15) is 12.4 Å². The summed E-state index contributed by atoms with van der Waals surface area (Å²) in [5.41, 5.74) is 0.150. The number of halogens is 1. The van der Waals surface area contributed by atoms with Crippen molar-refractivity contribution in [2.24, 2.45) is 17.3 Å². The van der Waals surface area contributed by atoms with Gasteiger partial charge in [0.25, 0.3) is 0 Å². The highest BCUT2D eigenvalue weighted by atomic mass is 19.1. The second kappa shape index (κ2) is 6.59. The van der Waals surface area contributed by atoms with E-state index in [0.717, 1.165) is 6.42 Å². The van der Waals surface area contributed by atoms with E-state index in [0.29, 0.717) is 25.9 Å². The zero-order valence-electron chi connectivity index (χ0n) is 14.5. The molecule has 2 N–H and O–H groups in total. The lowest BCUT2D eigenvalue weighted by molar-refractivity contribution is -0.182. The molecule has 6 atom stereocenters. The van der Waals surface area contributed by atoms with Crippen molar-refractivity contribution in [1.29, 1.82) is 0 Å². The maximum absolute atomic E-state index is 14.5. The van der Waals surface area contributed by atoms with E-state index in [1.54, 1.807) is 0 Å². The van der Waals surface area contributed by atoms with Crippen LogP contribution in [0.15, 0.2) is 0 Å². The maximum atomic E-state index is 14.5. The van der Waals surface area contributed by atoms with Gasteiger partial charge >= 0.3 is 6.03 Å². The minimum absolute atomic E-state index is 0.00975. The molecule has 2 heterocycles. The Morgan fingerprint density at radius 2 is 2.00 bits per heavy atom. The summed E-state index contributed by atoms with van der Waals surface area (Å²) in [5.74, 6) is -0.778. The molecular formula is C17H27FN2O4. The molecule has 7 heteroatoms. The average molecular weight is 342 g/mol. The van der Waals surface area contributed by atoms with E-state index < -0.39 is 30.5 Å². The number of carbonyl (C=O) groups excluding carboxylic acids is 2. The third kappa shape index (κ3) is 3.88. The van der Waals surface area contributed by atoms with E-state index in [-0.39, 0.29) is 23.3 Å². The molecule has 0 aromatic carbocycles. The van der Waals surface area contributed by atoms with Gasteiger partial charge in [0.05, 0.1) is 18.1 Å². The van der Waals surface area contributed by atoms with Gasteiger partial charge in [0.15, 0.2) is 0 Å². The molecule has 24 heavy (non-hydrogen) atoms. The van der Waals surface area contributed by atoms with Crippen molar-refractivity contribution < 1.29 is 23.5 Å². The summed E-state index contributed by atoms with van der Waals surface area (Å²) in [5, 5.41) is 4.89. The first-order valence-corrected chi connectivity index (χ1v) is 8.75. The number of fused-ring (bicyclic) bond motifs is 2. The molecule has 3 rings (SSSR count). The van der Waals surface area contributed by atoms with Gasteiger partial charge in [-0.2, -0.15) is 0 Å². The van der Waals surface area contributed by atoms with E-state index >= 15 is 0 Å². The first-order valence-electron chi connectivity index (χ1n) is 8.75. The van der Waals surface area contributed by atoms with Crippen LogP contribution in [0, 0.1) is 17.3 Å². The van der Waals surface area contributed by atoms with Gasteiger partial charge in [0.2, 0.25) is 5.91 Å². The molecule has 3 fully saturated rings. The van der Waals surface area contributed by atoms with Gasteiger partial charge in [-0.1, -0.05) is 20.8 Å². The van der Waals surface area contributed by atoms with Crippen LogP contribution in [0.1, 0.15) is 46.5 Å². The van der Waals surface area contributed by atoms with Crippen LogP contribution in [-0.4, -0.2) is 43.2 Å². The molecule has 6 unspecified atom stereocenters.